The number of nitrogens with zero attached hydrogens (tertiary/aromatic N) is 2. The molecule has 1 saturated heterocycles. The smallest absolute Gasteiger partial charge is 0.211 e. The number of nitrogens with one attached hydrogen (secondary N) is 2. The maximum Gasteiger partial charge on any atom is 0.211 e. The molecule has 1 unspecified atom stereocenters. The van der Waals surface area contributed by atoms with E-state index in [1.807, 2.05) is 0 Å². The summed E-state index contributed by atoms with van der Waals surface area (Å²) in [6.07, 6.45) is 2.34. The second-order valence-electron chi connectivity index (χ2n) is 5.61. The highest BCUT2D eigenvalue weighted by atomic mass is 32.2. The van der Waals surface area contributed by atoms with Crippen LogP contribution in [-0.4, -0.2) is 58.3 Å². The Morgan fingerprint density at radius 3 is 2.55 bits per heavy atom. The summed E-state index contributed by atoms with van der Waals surface area (Å²) in [4.78, 5) is 6.53. The first-order valence-corrected chi connectivity index (χ1v) is 8.94. The van der Waals surface area contributed by atoms with Crippen molar-refractivity contribution in [2.75, 3.05) is 39.0 Å². The highest BCUT2D eigenvalue weighted by Gasteiger charge is 2.33. The van der Waals surface area contributed by atoms with Gasteiger partial charge in [-0.25, -0.2) is 13.1 Å². The Bertz CT molecular complexity index is 436. The molecule has 1 heterocycles. The quantitative estimate of drug-likeness (QED) is 0.429. The third kappa shape index (κ3) is 4.94. The number of likely N-dealkylation sites (tertiary alicyclic amines) is 1. The normalized spacial score (nSPS) is 24.2. The Morgan fingerprint density at radius 2 is 2.05 bits per heavy atom. The summed E-state index contributed by atoms with van der Waals surface area (Å²) in [7, 11) is -1.35. The van der Waals surface area contributed by atoms with Gasteiger partial charge in [0, 0.05) is 33.2 Å². The summed E-state index contributed by atoms with van der Waals surface area (Å²) in [5, 5.41) is 3.22. The lowest BCUT2D eigenvalue weighted by atomic mass is 9.87. The van der Waals surface area contributed by atoms with E-state index in [0.29, 0.717) is 18.5 Å². The fourth-order valence-corrected chi connectivity index (χ4v) is 2.93. The molecule has 0 amide bonds. The maximum absolute atomic E-state index is 11.3. The monoisotopic (exact) mass is 304 g/mol. The summed E-state index contributed by atoms with van der Waals surface area (Å²) in [6.45, 7) is 9.09. The van der Waals surface area contributed by atoms with Crippen molar-refractivity contribution in [3.8, 4) is 0 Å². The molecule has 0 bridgehead atoms. The number of guanidine groups is 1. The van der Waals surface area contributed by atoms with Gasteiger partial charge >= 0.3 is 0 Å². The molecule has 1 aliphatic heterocycles. The van der Waals surface area contributed by atoms with E-state index in [1.54, 1.807) is 14.0 Å². The van der Waals surface area contributed by atoms with Gasteiger partial charge in [0.2, 0.25) is 10.0 Å². The standard InChI is InChI=1S/C13H28N4O2S/c1-5-13(3)7-10-17(11-13)12(14-4)15-8-9-16-20(18,19)6-2/h16H,5-11H2,1-4H3,(H,14,15). The fourth-order valence-electron chi connectivity index (χ4n) is 2.31. The lowest BCUT2D eigenvalue weighted by Gasteiger charge is -2.25. The molecule has 1 atom stereocenters. The Labute approximate surface area is 123 Å². The third-order valence-electron chi connectivity index (χ3n) is 4.03. The summed E-state index contributed by atoms with van der Waals surface area (Å²) < 4.78 is 25.2. The van der Waals surface area contributed by atoms with Crippen molar-refractivity contribution in [1.82, 2.24) is 14.9 Å². The van der Waals surface area contributed by atoms with Crippen molar-refractivity contribution in [2.45, 2.75) is 33.6 Å². The van der Waals surface area contributed by atoms with Crippen molar-refractivity contribution < 1.29 is 8.42 Å². The number of hydrogen-bond acceptors (Lipinski definition) is 3. The van der Waals surface area contributed by atoms with Gasteiger partial charge in [0.05, 0.1) is 5.75 Å². The minimum Gasteiger partial charge on any atom is -0.355 e. The lowest BCUT2D eigenvalue weighted by molar-refractivity contribution is 0.322. The van der Waals surface area contributed by atoms with Gasteiger partial charge in [-0.1, -0.05) is 13.8 Å². The molecular formula is C13H28N4O2S. The molecular weight excluding hydrogens is 276 g/mol. The minimum absolute atomic E-state index is 0.114. The average Bonchev–Trinajstić information content (AvgIpc) is 2.82. The third-order valence-corrected chi connectivity index (χ3v) is 5.44. The fraction of sp³-hybridized carbons (Fsp3) is 0.923. The Balaban J connectivity index is 2.39. The topological polar surface area (TPSA) is 73.8 Å². The van der Waals surface area contributed by atoms with Gasteiger partial charge in [0.1, 0.15) is 0 Å². The summed E-state index contributed by atoms with van der Waals surface area (Å²) in [5.41, 5.74) is 0.363. The van der Waals surface area contributed by atoms with Crippen LogP contribution in [-0.2, 0) is 10.0 Å². The summed E-state index contributed by atoms with van der Waals surface area (Å²) >= 11 is 0. The molecule has 6 nitrogen and oxygen atoms in total. The van der Waals surface area contributed by atoms with Gasteiger partial charge in [-0.15, -0.1) is 0 Å². The molecule has 0 aromatic carbocycles. The Morgan fingerprint density at radius 1 is 1.35 bits per heavy atom. The van der Waals surface area contributed by atoms with E-state index in [1.165, 1.54) is 6.42 Å². The second-order valence-corrected chi connectivity index (χ2v) is 7.70. The van der Waals surface area contributed by atoms with Gasteiger partial charge in [-0.2, -0.15) is 0 Å². The minimum atomic E-state index is -3.11. The lowest BCUT2D eigenvalue weighted by Crippen LogP contribution is -2.44. The van der Waals surface area contributed by atoms with E-state index < -0.39 is 10.0 Å². The second kappa shape index (κ2) is 7.26. The average molecular weight is 304 g/mol. The Kier molecular flexibility index (Phi) is 6.26. The molecule has 0 spiro atoms. The first-order valence-electron chi connectivity index (χ1n) is 7.28. The zero-order chi connectivity index (χ0) is 15.2. The molecule has 1 fully saturated rings. The van der Waals surface area contributed by atoms with E-state index in [-0.39, 0.29) is 5.75 Å². The van der Waals surface area contributed by atoms with Gasteiger partial charge in [-0.05, 0) is 25.2 Å². The van der Waals surface area contributed by atoms with E-state index in [9.17, 15) is 8.42 Å². The van der Waals surface area contributed by atoms with Crippen LogP contribution in [0.4, 0.5) is 0 Å². The molecule has 0 saturated carbocycles. The van der Waals surface area contributed by atoms with Crippen molar-refractivity contribution in [3.05, 3.63) is 0 Å². The number of sulfonamides is 1. The van der Waals surface area contributed by atoms with Crippen LogP contribution in [0.25, 0.3) is 0 Å². The predicted molar refractivity (Wildman–Crippen MR) is 83.4 cm³/mol. The highest BCUT2D eigenvalue weighted by Crippen LogP contribution is 2.32. The Hall–Kier alpha value is -0.820. The van der Waals surface area contributed by atoms with Crippen LogP contribution < -0.4 is 10.0 Å². The molecule has 0 radical (unpaired) electrons. The van der Waals surface area contributed by atoms with Crippen LogP contribution in [0.2, 0.25) is 0 Å². The number of aliphatic imine (C=N–C) groups is 1. The van der Waals surface area contributed by atoms with Crippen LogP contribution >= 0.6 is 0 Å². The molecule has 1 aliphatic rings. The number of hydrogen-bond donors (Lipinski definition) is 2. The van der Waals surface area contributed by atoms with Crippen LogP contribution in [0, 0.1) is 5.41 Å². The molecule has 20 heavy (non-hydrogen) atoms. The van der Waals surface area contributed by atoms with Crippen molar-refractivity contribution >= 4 is 16.0 Å². The van der Waals surface area contributed by atoms with Gasteiger partial charge in [0.15, 0.2) is 5.96 Å². The predicted octanol–water partition coefficient (Wildman–Crippen LogP) is 0.623. The molecule has 7 heteroatoms. The van der Waals surface area contributed by atoms with Crippen molar-refractivity contribution in [3.63, 3.8) is 0 Å². The molecule has 118 valence electrons. The van der Waals surface area contributed by atoms with Crippen LogP contribution in [0.3, 0.4) is 0 Å². The van der Waals surface area contributed by atoms with E-state index in [4.69, 9.17) is 0 Å². The zero-order valence-corrected chi connectivity index (χ0v) is 13.9. The van der Waals surface area contributed by atoms with E-state index in [2.05, 4.69) is 33.8 Å². The van der Waals surface area contributed by atoms with Crippen LogP contribution in [0.1, 0.15) is 33.6 Å². The first kappa shape index (κ1) is 17.2. The van der Waals surface area contributed by atoms with Gasteiger partial charge in [-0.3, -0.25) is 4.99 Å². The molecule has 0 aromatic heterocycles. The van der Waals surface area contributed by atoms with Crippen LogP contribution in [0.15, 0.2) is 4.99 Å². The number of rotatable bonds is 6. The van der Waals surface area contributed by atoms with Crippen molar-refractivity contribution in [1.29, 1.82) is 0 Å². The largest absolute Gasteiger partial charge is 0.355 e. The summed E-state index contributed by atoms with van der Waals surface area (Å²) in [6, 6.07) is 0. The zero-order valence-electron chi connectivity index (χ0n) is 13.1. The van der Waals surface area contributed by atoms with Gasteiger partial charge in [0.25, 0.3) is 0 Å². The molecule has 2 N–H and O–H groups in total. The maximum atomic E-state index is 11.3. The SMILES string of the molecule is CCC1(C)CCN(C(=NC)NCCNS(=O)(=O)CC)C1. The van der Waals surface area contributed by atoms with E-state index >= 15 is 0 Å². The van der Waals surface area contributed by atoms with Gasteiger partial charge < -0.3 is 10.2 Å². The molecule has 0 aromatic rings. The van der Waals surface area contributed by atoms with Crippen LogP contribution in [0.5, 0.6) is 0 Å². The molecule has 1 rings (SSSR count). The first-order chi connectivity index (χ1) is 9.36. The van der Waals surface area contributed by atoms with E-state index in [0.717, 1.165) is 25.5 Å². The summed E-state index contributed by atoms with van der Waals surface area (Å²) in [5.74, 6) is 0.973. The van der Waals surface area contributed by atoms with Crippen molar-refractivity contribution in [2.24, 2.45) is 10.4 Å². The molecule has 0 aliphatic carbocycles. The highest BCUT2D eigenvalue weighted by molar-refractivity contribution is 7.89.